The van der Waals surface area contributed by atoms with E-state index in [0.717, 1.165) is 11.3 Å². The third-order valence-electron chi connectivity index (χ3n) is 2.33. The number of hydrogen-bond acceptors (Lipinski definition) is 5. The Kier molecular flexibility index (Phi) is 3.49. The summed E-state index contributed by atoms with van der Waals surface area (Å²) < 4.78 is 29.3. The van der Waals surface area contributed by atoms with E-state index in [0.29, 0.717) is 0 Å². The van der Waals surface area contributed by atoms with Gasteiger partial charge in [0.15, 0.2) is 0 Å². The summed E-state index contributed by atoms with van der Waals surface area (Å²) in [6.07, 6.45) is 0. The lowest BCUT2D eigenvalue weighted by molar-refractivity contribution is 0.0597. The van der Waals surface area contributed by atoms with Gasteiger partial charge in [0.05, 0.1) is 17.6 Å². The van der Waals surface area contributed by atoms with Crippen LogP contribution in [0.4, 0.5) is 0 Å². The van der Waals surface area contributed by atoms with E-state index in [1.54, 1.807) is 23.6 Å². The van der Waals surface area contributed by atoms with Gasteiger partial charge >= 0.3 is 5.97 Å². The standard InChI is InChI=1S/C12H10O4S2/c1-16-11(13)10-7-8-17-12(10)18(14,15)9-5-3-2-4-6-9/h2-8H,1H3. The quantitative estimate of drug-likeness (QED) is 0.811. The van der Waals surface area contributed by atoms with E-state index in [-0.39, 0.29) is 14.7 Å². The van der Waals surface area contributed by atoms with Crippen LogP contribution in [-0.4, -0.2) is 21.5 Å². The number of rotatable bonds is 3. The van der Waals surface area contributed by atoms with E-state index in [9.17, 15) is 13.2 Å². The summed E-state index contributed by atoms with van der Waals surface area (Å²) in [6.45, 7) is 0. The van der Waals surface area contributed by atoms with E-state index in [4.69, 9.17) is 0 Å². The maximum atomic E-state index is 12.3. The largest absolute Gasteiger partial charge is 0.465 e. The highest BCUT2D eigenvalue weighted by Crippen LogP contribution is 2.29. The molecule has 0 saturated heterocycles. The van der Waals surface area contributed by atoms with Gasteiger partial charge in [-0.05, 0) is 23.6 Å². The predicted molar refractivity (Wildman–Crippen MR) is 67.6 cm³/mol. The Balaban J connectivity index is 2.56. The first kappa shape index (κ1) is 12.8. The highest BCUT2D eigenvalue weighted by Gasteiger charge is 2.26. The second-order valence-corrected chi connectivity index (χ2v) is 6.49. The molecule has 2 rings (SSSR count). The van der Waals surface area contributed by atoms with Gasteiger partial charge in [-0.3, -0.25) is 0 Å². The molecule has 0 atom stereocenters. The van der Waals surface area contributed by atoms with Crippen LogP contribution < -0.4 is 0 Å². The van der Waals surface area contributed by atoms with E-state index < -0.39 is 15.8 Å². The van der Waals surface area contributed by atoms with Gasteiger partial charge in [0.2, 0.25) is 9.84 Å². The van der Waals surface area contributed by atoms with Gasteiger partial charge in [-0.2, -0.15) is 0 Å². The first-order valence-corrected chi connectivity index (χ1v) is 7.39. The van der Waals surface area contributed by atoms with Crippen LogP contribution in [0.1, 0.15) is 10.4 Å². The molecule has 0 fully saturated rings. The summed E-state index contributed by atoms with van der Waals surface area (Å²) in [4.78, 5) is 11.7. The first-order chi connectivity index (χ1) is 8.57. The molecule has 94 valence electrons. The number of methoxy groups -OCH3 is 1. The first-order valence-electron chi connectivity index (χ1n) is 5.03. The van der Waals surface area contributed by atoms with E-state index in [1.807, 2.05) is 0 Å². The molecule has 0 aliphatic rings. The Labute approximate surface area is 109 Å². The average molecular weight is 282 g/mol. The third-order valence-corrected chi connectivity index (χ3v) is 5.59. The molecule has 0 saturated carbocycles. The van der Waals surface area contributed by atoms with Crippen molar-refractivity contribution in [2.45, 2.75) is 9.10 Å². The third kappa shape index (κ3) is 2.16. The number of ether oxygens (including phenoxy) is 1. The Morgan fingerprint density at radius 2 is 1.83 bits per heavy atom. The van der Waals surface area contributed by atoms with Crippen molar-refractivity contribution < 1.29 is 17.9 Å². The Morgan fingerprint density at radius 1 is 1.17 bits per heavy atom. The van der Waals surface area contributed by atoms with Gasteiger partial charge in [-0.15, -0.1) is 11.3 Å². The summed E-state index contributed by atoms with van der Waals surface area (Å²) in [5, 5.41) is 1.56. The molecule has 0 aliphatic carbocycles. The van der Waals surface area contributed by atoms with Crippen LogP contribution >= 0.6 is 11.3 Å². The molecule has 2 aromatic rings. The highest BCUT2D eigenvalue weighted by molar-refractivity contribution is 7.93. The van der Waals surface area contributed by atoms with Gasteiger partial charge in [0.1, 0.15) is 4.21 Å². The zero-order valence-corrected chi connectivity index (χ0v) is 11.1. The number of sulfone groups is 1. The molecule has 0 bridgehead atoms. The van der Waals surface area contributed by atoms with Crippen LogP contribution in [0.15, 0.2) is 50.9 Å². The number of benzene rings is 1. The van der Waals surface area contributed by atoms with E-state index >= 15 is 0 Å². The van der Waals surface area contributed by atoms with Crippen LogP contribution in [0.5, 0.6) is 0 Å². The zero-order chi connectivity index (χ0) is 13.2. The molecule has 6 heteroatoms. The Morgan fingerprint density at radius 3 is 2.44 bits per heavy atom. The molecular formula is C12H10O4S2. The smallest absolute Gasteiger partial charge is 0.340 e. The summed E-state index contributed by atoms with van der Waals surface area (Å²) in [5.74, 6) is -0.647. The van der Waals surface area contributed by atoms with Crippen molar-refractivity contribution in [3.8, 4) is 0 Å². The molecular weight excluding hydrogens is 272 g/mol. The molecule has 1 aromatic heterocycles. The lowest BCUT2D eigenvalue weighted by Gasteiger charge is -2.04. The van der Waals surface area contributed by atoms with Gasteiger partial charge < -0.3 is 4.74 Å². The molecule has 0 spiro atoms. The van der Waals surface area contributed by atoms with Crippen molar-refractivity contribution in [3.05, 3.63) is 47.3 Å². The van der Waals surface area contributed by atoms with Gasteiger partial charge in [0, 0.05) is 0 Å². The topological polar surface area (TPSA) is 60.4 Å². The summed E-state index contributed by atoms with van der Waals surface area (Å²) in [5.41, 5.74) is 0.0753. The summed E-state index contributed by atoms with van der Waals surface area (Å²) >= 11 is 1.01. The Bertz CT molecular complexity index is 656. The number of carbonyl (C=O) groups excluding carboxylic acids is 1. The van der Waals surface area contributed by atoms with Crippen LogP contribution in [-0.2, 0) is 14.6 Å². The number of esters is 1. The molecule has 1 aromatic carbocycles. The van der Waals surface area contributed by atoms with Crippen molar-refractivity contribution in [2.75, 3.05) is 7.11 Å². The van der Waals surface area contributed by atoms with Gasteiger partial charge in [0.25, 0.3) is 0 Å². The minimum atomic E-state index is -3.66. The number of thiophene rings is 1. The van der Waals surface area contributed by atoms with E-state index in [1.165, 1.54) is 25.3 Å². The summed E-state index contributed by atoms with van der Waals surface area (Å²) in [7, 11) is -2.44. The van der Waals surface area contributed by atoms with Crippen LogP contribution in [0.3, 0.4) is 0 Å². The van der Waals surface area contributed by atoms with Crippen molar-refractivity contribution in [1.82, 2.24) is 0 Å². The lowest BCUT2D eigenvalue weighted by atomic mass is 10.3. The van der Waals surface area contributed by atoms with Crippen LogP contribution in [0.2, 0.25) is 0 Å². The molecule has 0 radical (unpaired) electrons. The number of hydrogen-bond donors (Lipinski definition) is 0. The van der Waals surface area contributed by atoms with Crippen LogP contribution in [0.25, 0.3) is 0 Å². The van der Waals surface area contributed by atoms with Crippen molar-refractivity contribution >= 4 is 27.1 Å². The molecule has 0 aliphatic heterocycles. The summed E-state index contributed by atoms with van der Waals surface area (Å²) in [6, 6.07) is 9.45. The fraction of sp³-hybridized carbons (Fsp3) is 0.0833. The molecule has 18 heavy (non-hydrogen) atoms. The molecule has 0 N–H and O–H groups in total. The second kappa shape index (κ2) is 4.91. The molecule has 4 nitrogen and oxygen atoms in total. The molecule has 1 heterocycles. The lowest BCUT2D eigenvalue weighted by Crippen LogP contribution is -2.08. The van der Waals surface area contributed by atoms with Crippen molar-refractivity contribution in [3.63, 3.8) is 0 Å². The van der Waals surface area contributed by atoms with E-state index in [2.05, 4.69) is 4.74 Å². The van der Waals surface area contributed by atoms with Crippen LogP contribution in [0, 0.1) is 0 Å². The zero-order valence-electron chi connectivity index (χ0n) is 9.49. The predicted octanol–water partition coefficient (Wildman–Crippen LogP) is 2.37. The highest BCUT2D eigenvalue weighted by atomic mass is 32.2. The van der Waals surface area contributed by atoms with Gasteiger partial charge in [-0.1, -0.05) is 18.2 Å². The molecule has 0 unspecified atom stereocenters. The maximum Gasteiger partial charge on any atom is 0.340 e. The Hall–Kier alpha value is -1.66. The monoisotopic (exact) mass is 282 g/mol. The average Bonchev–Trinajstić information content (AvgIpc) is 2.89. The van der Waals surface area contributed by atoms with Gasteiger partial charge in [-0.25, -0.2) is 13.2 Å². The maximum absolute atomic E-state index is 12.3. The van der Waals surface area contributed by atoms with Crippen molar-refractivity contribution in [2.24, 2.45) is 0 Å². The second-order valence-electron chi connectivity index (χ2n) is 3.43. The normalized spacial score (nSPS) is 11.2. The molecule has 0 amide bonds. The minimum absolute atomic E-state index is 0.0144. The SMILES string of the molecule is COC(=O)c1ccsc1S(=O)(=O)c1ccccc1. The fourth-order valence-electron chi connectivity index (χ4n) is 1.47. The minimum Gasteiger partial charge on any atom is -0.465 e. The fourth-order valence-corrected chi connectivity index (χ4v) is 4.21. The van der Waals surface area contributed by atoms with Crippen molar-refractivity contribution in [1.29, 1.82) is 0 Å². The number of carbonyl (C=O) groups is 1.